The number of fused-ring (bicyclic) bond motifs is 1. The molecule has 0 saturated heterocycles. The monoisotopic (exact) mass is 365 g/mol. The van der Waals surface area contributed by atoms with E-state index in [1.54, 1.807) is 11.3 Å². The molecular weight excluding hydrogens is 354 g/mol. The van der Waals surface area contributed by atoms with Gasteiger partial charge in [0.1, 0.15) is 0 Å². The van der Waals surface area contributed by atoms with Gasteiger partial charge in [0.05, 0.1) is 5.02 Å². The van der Waals surface area contributed by atoms with Crippen molar-refractivity contribution in [1.82, 2.24) is 0 Å². The summed E-state index contributed by atoms with van der Waals surface area (Å²) >= 11 is 11.3. The van der Waals surface area contributed by atoms with E-state index in [-0.39, 0.29) is 6.04 Å². The summed E-state index contributed by atoms with van der Waals surface area (Å²) in [5.41, 5.74) is 8.69. The van der Waals surface area contributed by atoms with Crippen molar-refractivity contribution in [3.05, 3.63) is 68.5 Å². The summed E-state index contributed by atoms with van der Waals surface area (Å²) in [6.07, 6.45) is 0.821. The highest BCUT2D eigenvalue weighted by molar-refractivity contribution is 9.10. The first-order valence-electron chi connectivity index (χ1n) is 6.31. The Morgan fingerprint density at radius 1 is 1.20 bits per heavy atom. The van der Waals surface area contributed by atoms with Crippen molar-refractivity contribution in [3.63, 3.8) is 0 Å². The van der Waals surface area contributed by atoms with Crippen LogP contribution >= 0.6 is 38.9 Å². The first kappa shape index (κ1) is 14.1. The van der Waals surface area contributed by atoms with E-state index in [0.717, 1.165) is 16.5 Å². The lowest BCUT2D eigenvalue weighted by Crippen LogP contribution is -2.13. The molecule has 0 amide bonds. The summed E-state index contributed by atoms with van der Waals surface area (Å²) in [5.74, 6) is 0. The van der Waals surface area contributed by atoms with Gasteiger partial charge < -0.3 is 5.73 Å². The highest BCUT2D eigenvalue weighted by Crippen LogP contribution is 2.30. The van der Waals surface area contributed by atoms with Gasteiger partial charge >= 0.3 is 0 Å². The van der Waals surface area contributed by atoms with E-state index in [1.807, 2.05) is 18.2 Å². The van der Waals surface area contributed by atoms with Crippen LogP contribution in [0.15, 0.2) is 52.3 Å². The zero-order valence-electron chi connectivity index (χ0n) is 10.6. The molecule has 0 fully saturated rings. The molecule has 0 aliphatic heterocycles. The molecule has 0 radical (unpaired) electrons. The van der Waals surface area contributed by atoms with Gasteiger partial charge in [-0.2, -0.15) is 0 Å². The Balaban J connectivity index is 1.88. The van der Waals surface area contributed by atoms with Gasteiger partial charge in [-0.05, 0) is 62.4 Å². The molecule has 0 aliphatic carbocycles. The summed E-state index contributed by atoms with van der Waals surface area (Å²) in [7, 11) is 0. The zero-order valence-corrected chi connectivity index (χ0v) is 13.8. The Labute approximate surface area is 135 Å². The van der Waals surface area contributed by atoms with E-state index >= 15 is 0 Å². The van der Waals surface area contributed by atoms with Gasteiger partial charge in [-0.15, -0.1) is 11.3 Å². The van der Waals surface area contributed by atoms with Crippen LogP contribution in [0.2, 0.25) is 5.02 Å². The highest BCUT2D eigenvalue weighted by atomic mass is 79.9. The van der Waals surface area contributed by atoms with E-state index in [0.29, 0.717) is 5.02 Å². The van der Waals surface area contributed by atoms with Crippen LogP contribution in [0.5, 0.6) is 0 Å². The summed E-state index contributed by atoms with van der Waals surface area (Å²) in [6.45, 7) is 0. The molecule has 3 aromatic rings. The lowest BCUT2D eigenvalue weighted by molar-refractivity contribution is 0.726. The van der Waals surface area contributed by atoms with E-state index in [1.165, 1.54) is 15.6 Å². The van der Waals surface area contributed by atoms with Crippen LogP contribution in [0.4, 0.5) is 0 Å². The summed E-state index contributed by atoms with van der Waals surface area (Å²) in [6, 6.07) is 14.3. The molecule has 0 bridgehead atoms. The molecule has 1 aromatic heterocycles. The molecule has 2 aromatic carbocycles. The zero-order chi connectivity index (χ0) is 14.1. The molecule has 3 rings (SSSR count). The standard InChI is InChI=1S/C16H13BrClNS/c17-13-6-5-10(7-14(13)18)15(19)8-11-9-20-16-4-2-1-3-12(11)16/h1-7,9,15H,8,19H2. The van der Waals surface area contributed by atoms with Crippen molar-refractivity contribution in [2.75, 3.05) is 0 Å². The normalized spacial score (nSPS) is 12.8. The lowest BCUT2D eigenvalue weighted by atomic mass is 9.99. The van der Waals surface area contributed by atoms with Gasteiger partial charge in [0.25, 0.3) is 0 Å². The number of rotatable bonds is 3. The van der Waals surface area contributed by atoms with Crippen LogP contribution in [-0.2, 0) is 6.42 Å². The van der Waals surface area contributed by atoms with Crippen LogP contribution in [-0.4, -0.2) is 0 Å². The number of nitrogens with two attached hydrogens (primary N) is 1. The number of benzene rings is 2. The Hall–Kier alpha value is -0.870. The van der Waals surface area contributed by atoms with Crippen LogP contribution in [0.25, 0.3) is 10.1 Å². The number of halogens is 2. The van der Waals surface area contributed by atoms with Crippen LogP contribution in [0.1, 0.15) is 17.2 Å². The molecule has 1 atom stereocenters. The topological polar surface area (TPSA) is 26.0 Å². The summed E-state index contributed by atoms with van der Waals surface area (Å²) in [4.78, 5) is 0. The van der Waals surface area contributed by atoms with Crippen molar-refractivity contribution in [1.29, 1.82) is 0 Å². The van der Waals surface area contributed by atoms with Crippen LogP contribution < -0.4 is 5.73 Å². The summed E-state index contributed by atoms with van der Waals surface area (Å²) < 4.78 is 2.21. The van der Waals surface area contributed by atoms with Gasteiger partial charge in [-0.1, -0.05) is 35.9 Å². The average molecular weight is 367 g/mol. The third-order valence-electron chi connectivity index (χ3n) is 3.37. The second-order valence-electron chi connectivity index (χ2n) is 4.74. The van der Waals surface area contributed by atoms with E-state index in [9.17, 15) is 0 Å². The SMILES string of the molecule is NC(Cc1csc2ccccc12)c1ccc(Br)c(Cl)c1. The molecule has 1 unspecified atom stereocenters. The van der Waals surface area contributed by atoms with Crippen molar-refractivity contribution in [2.45, 2.75) is 12.5 Å². The minimum absolute atomic E-state index is 0.0430. The molecule has 20 heavy (non-hydrogen) atoms. The quantitative estimate of drug-likeness (QED) is 0.645. The molecule has 0 aliphatic rings. The average Bonchev–Trinajstić information content (AvgIpc) is 2.85. The lowest BCUT2D eigenvalue weighted by Gasteiger charge is -2.12. The van der Waals surface area contributed by atoms with Crippen molar-refractivity contribution in [2.24, 2.45) is 5.73 Å². The molecule has 4 heteroatoms. The van der Waals surface area contributed by atoms with Crippen molar-refractivity contribution < 1.29 is 0 Å². The fraction of sp³-hybridized carbons (Fsp3) is 0.125. The van der Waals surface area contributed by atoms with Gasteiger partial charge in [0.15, 0.2) is 0 Å². The molecule has 102 valence electrons. The second-order valence-corrected chi connectivity index (χ2v) is 6.91. The Bertz CT molecular complexity index is 753. The van der Waals surface area contributed by atoms with E-state index in [4.69, 9.17) is 17.3 Å². The van der Waals surface area contributed by atoms with Crippen molar-refractivity contribution >= 4 is 49.0 Å². The molecule has 1 nitrogen and oxygen atoms in total. The maximum absolute atomic E-state index is 6.33. The third kappa shape index (κ3) is 2.77. The third-order valence-corrected chi connectivity index (χ3v) is 5.62. The smallest absolute Gasteiger partial charge is 0.0551 e. The molecule has 2 N–H and O–H groups in total. The van der Waals surface area contributed by atoms with Crippen LogP contribution in [0, 0.1) is 0 Å². The molecule has 1 heterocycles. The maximum Gasteiger partial charge on any atom is 0.0551 e. The minimum Gasteiger partial charge on any atom is -0.324 e. The number of hydrogen-bond acceptors (Lipinski definition) is 2. The van der Waals surface area contributed by atoms with Gasteiger partial charge in [-0.3, -0.25) is 0 Å². The molecule has 0 saturated carbocycles. The first-order valence-corrected chi connectivity index (χ1v) is 8.36. The number of thiophene rings is 1. The fourth-order valence-corrected chi connectivity index (χ4v) is 3.70. The van der Waals surface area contributed by atoms with Crippen LogP contribution in [0.3, 0.4) is 0 Å². The minimum atomic E-state index is -0.0430. The molecular formula is C16H13BrClNS. The largest absolute Gasteiger partial charge is 0.324 e. The first-order chi connectivity index (χ1) is 9.65. The highest BCUT2D eigenvalue weighted by Gasteiger charge is 2.12. The fourth-order valence-electron chi connectivity index (χ4n) is 2.29. The Morgan fingerprint density at radius 3 is 2.80 bits per heavy atom. The van der Waals surface area contributed by atoms with Gasteiger partial charge in [0.2, 0.25) is 0 Å². The summed E-state index contributed by atoms with van der Waals surface area (Å²) in [5, 5.41) is 4.20. The Morgan fingerprint density at radius 2 is 2.00 bits per heavy atom. The van der Waals surface area contributed by atoms with E-state index < -0.39 is 0 Å². The van der Waals surface area contributed by atoms with Crippen molar-refractivity contribution in [3.8, 4) is 0 Å². The van der Waals surface area contributed by atoms with Gasteiger partial charge in [0, 0.05) is 15.2 Å². The predicted octanol–water partition coefficient (Wildman–Crippen LogP) is 5.56. The second kappa shape index (κ2) is 5.86. The predicted molar refractivity (Wildman–Crippen MR) is 91.6 cm³/mol. The van der Waals surface area contributed by atoms with Gasteiger partial charge in [-0.25, -0.2) is 0 Å². The molecule has 0 spiro atoms. The maximum atomic E-state index is 6.33. The van der Waals surface area contributed by atoms with E-state index in [2.05, 4.69) is 45.6 Å². The Kier molecular flexibility index (Phi) is 4.13. The number of hydrogen-bond donors (Lipinski definition) is 1.